The maximum atomic E-state index is 13.1. The van der Waals surface area contributed by atoms with Crippen molar-refractivity contribution in [2.75, 3.05) is 36.8 Å². The van der Waals surface area contributed by atoms with Crippen molar-refractivity contribution in [3.8, 4) is 0 Å². The molecule has 1 unspecified atom stereocenters. The quantitative estimate of drug-likeness (QED) is 0.740. The summed E-state index contributed by atoms with van der Waals surface area (Å²) in [7, 11) is 0. The molecule has 1 aromatic carbocycles. The fourth-order valence-electron chi connectivity index (χ4n) is 4.83. The molecule has 4 rings (SSSR count). The van der Waals surface area contributed by atoms with Crippen molar-refractivity contribution in [1.29, 1.82) is 0 Å². The Bertz CT molecular complexity index is 895. The Morgan fingerprint density at radius 1 is 1.17 bits per heavy atom. The van der Waals surface area contributed by atoms with E-state index in [0.29, 0.717) is 23.1 Å². The average molecular weight is 428 g/mol. The molecule has 3 N–H and O–H groups in total. The summed E-state index contributed by atoms with van der Waals surface area (Å²) in [4.78, 5) is 34.4. The Balaban J connectivity index is 1.40. The van der Waals surface area contributed by atoms with E-state index in [2.05, 4.69) is 29.0 Å². The maximum absolute atomic E-state index is 13.1. The van der Waals surface area contributed by atoms with E-state index in [0.717, 1.165) is 37.2 Å². The van der Waals surface area contributed by atoms with Gasteiger partial charge in [-0.2, -0.15) is 0 Å². The number of fused-ring (bicyclic) bond motifs is 2. The maximum Gasteiger partial charge on any atom is 0.263 e. The van der Waals surface area contributed by atoms with E-state index >= 15 is 0 Å². The fraction of sp³-hybridized carbons (Fsp3) is 0.500. The molecule has 0 radical (unpaired) electrons. The summed E-state index contributed by atoms with van der Waals surface area (Å²) < 4.78 is 0. The number of carbonyl (C=O) groups is 2. The molecule has 2 aliphatic rings. The second-order valence-corrected chi connectivity index (χ2v) is 9.15. The van der Waals surface area contributed by atoms with Crippen LogP contribution in [-0.4, -0.2) is 53.9 Å². The normalized spacial score (nSPS) is 22.7. The summed E-state index contributed by atoms with van der Waals surface area (Å²) in [6.45, 7) is 7.52. The number of anilines is 2. The van der Waals surface area contributed by atoms with Crippen molar-refractivity contribution in [3.05, 3.63) is 40.9 Å². The average Bonchev–Trinajstić information content (AvgIpc) is 3.28. The first-order valence-corrected chi connectivity index (χ1v) is 11.5. The minimum Gasteiger partial charge on any atom is -0.375 e. The molecule has 1 saturated heterocycles. The number of benzene rings is 1. The number of thiazole rings is 1. The molecule has 1 aliphatic heterocycles. The van der Waals surface area contributed by atoms with E-state index in [-0.39, 0.29) is 29.7 Å². The molecule has 7 nitrogen and oxygen atoms in total. The second-order valence-electron chi connectivity index (χ2n) is 8.09. The van der Waals surface area contributed by atoms with Gasteiger partial charge in [0.1, 0.15) is 4.88 Å². The van der Waals surface area contributed by atoms with E-state index in [9.17, 15) is 9.59 Å². The molecule has 1 saturated carbocycles. The lowest BCUT2D eigenvalue weighted by Gasteiger charge is -2.38. The van der Waals surface area contributed by atoms with Gasteiger partial charge in [0.05, 0.1) is 6.20 Å². The zero-order valence-electron chi connectivity index (χ0n) is 17.5. The lowest BCUT2D eigenvalue weighted by molar-refractivity contribution is 0.0599. The predicted octanol–water partition coefficient (Wildman–Crippen LogP) is 2.85. The summed E-state index contributed by atoms with van der Waals surface area (Å²) in [5.41, 5.74) is 7.52. The van der Waals surface area contributed by atoms with Crippen LogP contribution in [0.2, 0.25) is 0 Å². The summed E-state index contributed by atoms with van der Waals surface area (Å²) in [6.07, 6.45) is 3.59. The molecule has 2 amide bonds. The number of likely N-dealkylation sites (tertiary alicyclic amines) is 1. The van der Waals surface area contributed by atoms with Crippen LogP contribution in [0.25, 0.3) is 0 Å². The van der Waals surface area contributed by atoms with Gasteiger partial charge in [0.15, 0.2) is 5.13 Å². The molecule has 1 aliphatic carbocycles. The first kappa shape index (κ1) is 20.7. The van der Waals surface area contributed by atoms with Gasteiger partial charge < -0.3 is 20.9 Å². The standard InChI is InChI=1S/C22H29N5O2S/c1-3-26(4-2)17-9-7-14(8-10-17)21(29)27-12-15-5-6-16(13-27)19(15)25-20(28)18-11-24-22(23)30-18/h7-11,15-16,19H,3-6,12-13H2,1-2H3,(H2,23,24)(H,25,28)/t15-,16+,19?. The number of hydrogen-bond acceptors (Lipinski definition) is 6. The summed E-state index contributed by atoms with van der Waals surface area (Å²) in [5.74, 6) is 0.546. The van der Waals surface area contributed by atoms with Crippen LogP contribution in [0.5, 0.6) is 0 Å². The van der Waals surface area contributed by atoms with E-state index in [4.69, 9.17) is 5.73 Å². The molecule has 8 heteroatoms. The van der Waals surface area contributed by atoms with Crippen molar-refractivity contribution in [3.63, 3.8) is 0 Å². The molecule has 2 fully saturated rings. The topological polar surface area (TPSA) is 91.6 Å². The second kappa shape index (κ2) is 8.63. The van der Waals surface area contributed by atoms with Crippen molar-refractivity contribution < 1.29 is 9.59 Å². The van der Waals surface area contributed by atoms with Gasteiger partial charge in [0, 0.05) is 43.5 Å². The number of rotatable bonds is 6. The predicted molar refractivity (Wildman–Crippen MR) is 120 cm³/mol. The van der Waals surface area contributed by atoms with Crippen molar-refractivity contribution in [2.45, 2.75) is 32.7 Å². The van der Waals surface area contributed by atoms with Crippen molar-refractivity contribution in [2.24, 2.45) is 11.8 Å². The third kappa shape index (κ3) is 4.01. The monoisotopic (exact) mass is 427 g/mol. The highest BCUT2D eigenvalue weighted by Crippen LogP contribution is 2.37. The minimum atomic E-state index is -0.113. The molecular formula is C22H29N5O2S. The number of amides is 2. The molecule has 160 valence electrons. The van der Waals surface area contributed by atoms with E-state index in [1.54, 1.807) is 0 Å². The number of piperidine rings is 1. The van der Waals surface area contributed by atoms with Crippen molar-refractivity contribution in [1.82, 2.24) is 15.2 Å². The van der Waals surface area contributed by atoms with Gasteiger partial charge >= 0.3 is 0 Å². The van der Waals surface area contributed by atoms with Crippen LogP contribution in [-0.2, 0) is 0 Å². The van der Waals surface area contributed by atoms with Gasteiger partial charge in [-0.25, -0.2) is 4.98 Å². The number of nitrogen functional groups attached to an aromatic ring is 1. The van der Waals surface area contributed by atoms with Crippen LogP contribution in [0, 0.1) is 11.8 Å². The van der Waals surface area contributed by atoms with E-state index in [1.807, 2.05) is 29.2 Å². The van der Waals surface area contributed by atoms with Gasteiger partial charge in [0.2, 0.25) is 0 Å². The number of carbonyl (C=O) groups excluding carboxylic acids is 2. The highest BCUT2D eigenvalue weighted by atomic mass is 32.1. The van der Waals surface area contributed by atoms with Crippen LogP contribution in [0.1, 0.15) is 46.7 Å². The molecule has 0 spiro atoms. The zero-order valence-corrected chi connectivity index (χ0v) is 18.3. The molecular weight excluding hydrogens is 398 g/mol. The van der Waals surface area contributed by atoms with Gasteiger partial charge in [-0.3, -0.25) is 9.59 Å². The first-order chi connectivity index (χ1) is 14.5. The minimum absolute atomic E-state index is 0.0815. The molecule has 2 bridgehead atoms. The Morgan fingerprint density at radius 3 is 2.33 bits per heavy atom. The molecule has 2 aromatic rings. The number of nitrogens with one attached hydrogen (secondary N) is 1. The largest absolute Gasteiger partial charge is 0.375 e. The SMILES string of the molecule is CCN(CC)c1ccc(C(=O)N2C[C@H]3CC[C@@H](C2)C3NC(=O)c2cnc(N)s2)cc1. The Labute approximate surface area is 181 Å². The number of aromatic nitrogens is 1. The van der Waals surface area contributed by atoms with Crippen molar-refractivity contribution >= 4 is 34.0 Å². The van der Waals surface area contributed by atoms with Gasteiger partial charge in [-0.15, -0.1) is 0 Å². The van der Waals surface area contributed by atoms with E-state index in [1.165, 1.54) is 17.5 Å². The van der Waals surface area contributed by atoms with Gasteiger partial charge in [-0.05, 0) is 62.8 Å². The smallest absolute Gasteiger partial charge is 0.263 e. The van der Waals surface area contributed by atoms with Crippen LogP contribution < -0.4 is 16.0 Å². The summed E-state index contributed by atoms with van der Waals surface area (Å²) in [6, 6.07) is 8.03. The first-order valence-electron chi connectivity index (χ1n) is 10.7. The Morgan fingerprint density at radius 2 is 1.80 bits per heavy atom. The van der Waals surface area contributed by atoms with Crippen LogP contribution in [0.3, 0.4) is 0 Å². The fourth-order valence-corrected chi connectivity index (χ4v) is 5.41. The number of hydrogen-bond donors (Lipinski definition) is 2. The zero-order chi connectivity index (χ0) is 21.3. The molecule has 1 aromatic heterocycles. The van der Waals surface area contributed by atoms with Crippen LogP contribution >= 0.6 is 11.3 Å². The third-order valence-corrected chi connectivity index (χ3v) is 7.23. The number of nitrogens with zero attached hydrogens (tertiary/aromatic N) is 3. The van der Waals surface area contributed by atoms with Gasteiger partial charge in [0.25, 0.3) is 11.8 Å². The van der Waals surface area contributed by atoms with E-state index < -0.39 is 0 Å². The lowest BCUT2D eigenvalue weighted by Crippen LogP contribution is -2.53. The summed E-state index contributed by atoms with van der Waals surface area (Å²) >= 11 is 1.20. The lowest BCUT2D eigenvalue weighted by atomic mass is 9.91. The Hall–Kier alpha value is -2.61. The third-order valence-electron chi connectivity index (χ3n) is 6.41. The Kier molecular flexibility index (Phi) is 5.94. The molecule has 3 atom stereocenters. The van der Waals surface area contributed by atoms with Crippen LogP contribution in [0.4, 0.5) is 10.8 Å². The van der Waals surface area contributed by atoms with Crippen LogP contribution in [0.15, 0.2) is 30.5 Å². The molecule has 2 heterocycles. The number of nitrogens with two attached hydrogens (primary N) is 1. The molecule has 30 heavy (non-hydrogen) atoms. The summed E-state index contributed by atoms with van der Waals surface area (Å²) in [5, 5.41) is 3.57. The van der Waals surface area contributed by atoms with Gasteiger partial charge in [-0.1, -0.05) is 11.3 Å². The highest BCUT2D eigenvalue weighted by Gasteiger charge is 2.44. The highest BCUT2D eigenvalue weighted by molar-refractivity contribution is 7.17.